The van der Waals surface area contributed by atoms with E-state index in [-0.39, 0.29) is 5.91 Å². The molecule has 17 heavy (non-hydrogen) atoms. The Bertz CT molecular complexity index is 368. The molecule has 1 fully saturated rings. The summed E-state index contributed by atoms with van der Waals surface area (Å²) in [5.41, 5.74) is 1.20. The van der Waals surface area contributed by atoms with Crippen molar-refractivity contribution < 1.29 is 4.79 Å². The number of aromatic nitrogens is 2. The molecule has 2 rings (SSSR count). The normalized spacial score (nSPS) is 19.5. The SMILES string of the molecule is CCNC(=O)CCn1cncc1C1CCCN1. The van der Waals surface area contributed by atoms with Crippen LogP contribution in [0, 0.1) is 0 Å². The standard InChI is InChI=1S/C12H20N4O/c1-2-14-12(17)5-7-16-9-13-8-11(16)10-4-3-6-15-10/h8-10,15H,2-7H2,1H3,(H,14,17). The zero-order valence-corrected chi connectivity index (χ0v) is 10.3. The second kappa shape index (κ2) is 5.82. The molecular weight excluding hydrogens is 216 g/mol. The minimum Gasteiger partial charge on any atom is -0.356 e. The number of rotatable bonds is 5. The Balaban J connectivity index is 1.92. The van der Waals surface area contributed by atoms with Gasteiger partial charge in [0.15, 0.2) is 0 Å². The van der Waals surface area contributed by atoms with Gasteiger partial charge in [0.1, 0.15) is 0 Å². The summed E-state index contributed by atoms with van der Waals surface area (Å²) in [5.74, 6) is 0.103. The van der Waals surface area contributed by atoms with Gasteiger partial charge in [-0.2, -0.15) is 0 Å². The van der Waals surface area contributed by atoms with E-state index in [1.807, 2.05) is 19.4 Å². The van der Waals surface area contributed by atoms with E-state index < -0.39 is 0 Å². The Kier molecular flexibility index (Phi) is 4.14. The maximum absolute atomic E-state index is 11.4. The highest BCUT2D eigenvalue weighted by molar-refractivity contribution is 5.75. The summed E-state index contributed by atoms with van der Waals surface area (Å²) in [6.45, 7) is 4.41. The molecule has 1 unspecified atom stereocenters. The fraction of sp³-hybridized carbons (Fsp3) is 0.667. The summed E-state index contributed by atoms with van der Waals surface area (Å²) in [6.07, 6.45) is 6.61. The predicted molar refractivity (Wildman–Crippen MR) is 65.5 cm³/mol. The maximum atomic E-state index is 11.4. The van der Waals surface area contributed by atoms with Gasteiger partial charge in [0.25, 0.3) is 0 Å². The van der Waals surface area contributed by atoms with E-state index in [1.54, 1.807) is 0 Å². The molecule has 1 atom stereocenters. The highest BCUT2D eigenvalue weighted by Crippen LogP contribution is 2.22. The van der Waals surface area contributed by atoms with Crippen LogP contribution in [0.5, 0.6) is 0 Å². The number of hydrogen-bond donors (Lipinski definition) is 2. The predicted octanol–water partition coefficient (Wildman–Crippen LogP) is 0.834. The first-order valence-corrected chi connectivity index (χ1v) is 6.31. The third-order valence-corrected chi connectivity index (χ3v) is 3.12. The zero-order chi connectivity index (χ0) is 12.1. The van der Waals surface area contributed by atoms with Gasteiger partial charge in [0.05, 0.1) is 12.0 Å². The van der Waals surface area contributed by atoms with Crippen LogP contribution in [0.3, 0.4) is 0 Å². The smallest absolute Gasteiger partial charge is 0.221 e. The molecule has 94 valence electrons. The lowest BCUT2D eigenvalue weighted by molar-refractivity contribution is -0.121. The van der Waals surface area contributed by atoms with Crippen molar-refractivity contribution in [1.29, 1.82) is 0 Å². The van der Waals surface area contributed by atoms with Crippen LogP contribution in [0.1, 0.15) is 37.9 Å². The van der Waals surface area contributed by atoms with Gasteiger partial charge >= 0.3 is 0 Å². The first kappa shape index (κ1) is 12.1. The average molecular weight is 236 g/mol. The van der Waals surface area contributed by atoms with Crippen LogP contribution in [-0.2, 0) is 11.3 Å². The molecule has 1 amide bonds. The maximum Gasteiger partial charge on any atom is 0.221 e. The molecular formula is C12H20N4O. The van der Waals surface area contributed by atoms with E-state index in [1.165, 1.54) is 12.1 Å². The second-order valence-corrected chi connectivity index (χ2v) is 4.36. The van der Waals surface area contributed by atoms with Crippen LogP contribution >= 0.6 is 0 Å². The van der Waals surface area contributed by atoms with Crippen LogP contribution in [0.15, 0.2) is 12.5 Å². The molecule has 2 N–H and O–H groups in total. The van der Waals surface area contributed by atoms with Crippen molar-refractivity contribution in [3.8, 4) is 0 Å². The summed E-state index contributed by atoms with van der Waals surface area (Å²) in [5, 5.41) is 6.26. The van der Waals surface area contributed by atoms with Crippen molar-refractivity contribution in [2.75, 3.05) is 13.1 Å². The number of hydrogen-bond acceptors (Lipinski definition) is 3. The van der Waals surface area contributed by atoms with Crippen molar-refractivity contribution in [1.82, 2.24) is 20.2 Å². The molecule has 1 aromatic heterocycles. The summed E-state index contributed by atoms with van der Waals surface area (Å²) in [4.78, 5) is 15.6. The molecule has 0 bridgehead atoms. The topological polar surface area (TPSA) is 59.0 Å². The van der Waals surface area contributed by atoms with Gasteiger partial charge in [-0.05, 0) is 26.3 Å². The Morgan fingerprint density at radius 2 is 2.59 bits per heavy atom. The number of aryl methyl sites for hydroxylation is 1. The van der Waals surface area contributed by atoms with E-state index in [9.17, 15) is 4.79 Å². The monoisotopic (exact) mass is 236 g/mol. The highest BCUT2D eigenvalue weighted by Gasteiger charge is 2.19. The molecule has 1 aliphatic heterocycles. The van der Waals surface area contributed by atoms with Crippen molar-refractivity contribution in [2.45, 2.75) is 38.8 Å². The van der Waals surface area contributed by atoms with Crippen molar-refractivity contribution in [3.05, 3.63) is 18.2 Å². The Morgan fingerprint density at radius 3 is 3.29 bits per heavy atom. The lowest BCUT2D eigenvalue weighted by atomic mass is 10.2. The van der Waals surface area contributed by atoms with Gasteiger partial charge in [-0.3, -0.25) is 4.79 Å². The molecule has 2 heterocycles. The number of imidazole rings is 1. The molecule has 5 nitrogen and oxygen atoms in total. The van der Waals surface area contributed by atoms with E-state index in [2.05, 4.69) is 20.2 Å². The van der Waals surface area contributed by atoms with Crippen LogP contribution in [0.4, 0.5) is 0 Å². The van der Waals surface area contributed by atoms with Gasteiger partial charge < -0.3 is 15.2 Å². The number of carbonyl (C=O) groups excluding carboxylic acids is 1. The molecule has 0 aromatic carbocycles. The largest absolute Gasteiger partial charge is 0.356 e. The Morgan fingerprint density at radius 1 is 1.71 bits per heavy atom. The average Bonchev–Trinajstić information content (AvgIpc) is 2.97. The first-order chi connectivity index (χ1) is 8.31. The van der Waals surface area contributed by atoms with Crippen LogP contribution in [-0.4, -0.2) is 28.5 Å². The van der Waals surface area contributed by atoms with Crippen LogP contribution in [0.25, 0.3) is 0 Å². The van der Waals surface area contributed by atoms with Gasteiger partial charge in [0.2, 0.25) is 5.91 Å². The lowest BCUT2D eigenvalue weighted by Gasteiger charge is -2.13. The summed E-state index contributed by atoms with van der Waals surface area (Å²) in [7, 11) is 0. The highest BCUT2D eigenvalue weighted by atomic mass is 16.1. The second-order valence-electron chi connectivity index (χ2n) is 4.36. The lowest BCUT2D eigenvalue weighted by Crippen LogP contribution is -2.24. The minimum absolute atomic E-state index is 0.103. The number of nitrogens with zero attached hydrogens (tertiary/aromatic N) is 2. The van der Waals surface area contributed by atoms with Crippen molar-refractivity contribution in [2.24, 2.45) is 0 Å². The molecule has 0 radical (unpaired) electrons. The van der Waals surface area contributed by atoms with Gasteiger partial charge in [0, 0.05) is 31.7 Å². The first-order valence-electron chi connectivity index (χ1n) is 6.31. The van der Waals surface area contributed by atoms with Crippen LogP contribution in [0.2, 0.25) is 0 Å². The van der Waals surface area contributed by atoms with E-state index in [0.29, 0.717) is 25.6 Å². The van der Waals surface area contributed by atoms with E-state index in [0.717, 1.165) is 13.0 Å². The number of carbonyl (C=O) groups is 1. The number of amides is 1. The minimum atomic E-state index is 0.103. The molecule has 0 aliphatic carbocycles. The Hall–Kier alpha value is -1.36. The third-order valence-electron chi connectivity index (χ3n) is 3.12. The molecule has 0 spiro atoms. The van der Waals surface area contributed by atoms with Gasteiger partial charge in [-0.15, -0.1) is 0 Å². The quantitative estimate of drug-likeness (QED) is 0.796. The molecule has 1 aliphatic rings. The summed E-state index contributed by atoms with van der Waals surface area (Å²) < 4.78 is 2.08. The Labute approximate surface area is 102 Å². The third kappa shape index (κ3) is 3.06. The molecule has 5 heteroatoms. The van der Waals surface area contributed by atoms with Crippen molar-refractivity contribution in [3.63, 3.8) is 0 Å². The molecule has 1 aromatic rings. The van der Waals surface area contributed by atoms with Gasteiger partial charge in [-0.1, -0.05) is 0 Å². The van der Waals surface area contributed by atoms with Gasteiger partial charge in [-0.25, -0.2) is 4.98 Å². The molecule has 1 saturated heterocycles. The number of nitrogens with one attached hydrogen (secondary N) is 2. The summed E-state index contributed by atoms with van der Waals surface area (Å²) in [6, 6.07) is 0.409. The fourth-order valence-corrected chi connectivity index (χ4v) is 2.25. The van der Waals surface area contributed by atoms with Crippen LogP contribution < -0.4 is 10.6 Å². The van der Waals surface area contributed by atoms with E-state index in [4.69, 9.17) is 0 Å². The summed E-state index contributed by atoms with van der Waals surface area (Å²) >= 11 is 0. The fourth-order valence-electron chi connectivity index (χ4n) is 2.25. The molecule has 0 saturated carbocycles. The van der Waals surface area contributed by atoms with Crippen molar-refractivity contribution >= 4 is 5.91 Å². The van der Waals surface area contributed by atoms with E-state index >= 15 is 0 Å². The zero-order valence-electron chi connectivity index (χ0n) is 10.3.